The van der Waals surface area contributed by atoms with E-state index in [9.17, 15) is 9.90 Å². The summed E-state index contributed by atoms with van der Waals surface area (Å²) >= 11 is 5.92. The molecular formula is C16H13ClO3. The van der Waals surface area contributed by atoms with Crippen LogP contribution in [-0.2, 0) is 0 Å². The summed E-state index contributed by atoms with van der Waals surface area (Å²) in [6.45, 7) is 1.90. The SMILES string of the molecule is CC=Cc1ccccc1Oc1cccc(Cl)c1C(=O)O. The number of allylic oxidation sites excluding steroid dienone is 1. The quantitative estimate of drug-likeness (QED) is 0.873. The van der Waals surface area contributed by atoms with Gasteiger partial charge in [0.05, 0.1) is 5.02 Å². The summed E-state index contributed by atoms with van der Waals surface area (Å²) in [6, 6.07) is 12.1. The number of aromatic carboxylic acids is 1. The van der Waals surface area contributed by atoms with Crippen LogP contribution in [0.4, 0.5) is 0 Å². The van der Waals surface area contributed by atoms with Crippen LogP contribution in [-0.4, -0.2) is 11.1 Å². The zero-order valence-corrected chi connectivity index (χ0v) is 11.6. The third-order valence-electron chi connectivity index (χ3n) is 2.67. The van der Waals surface area contributed by atoms with E-state index >= 15 is 0 Å². The highest BCUT2D eigenvalue weighted by Gasteiger charge is 2.16. The second-order valence-electron chi connectivity index (χ2n) is 4.06. The highest BCUT2D eigenvalue weighted by molar-refractivity contribution is 6.33. The minimum atomic E-state index is -1.12. The first-order valence-corrected chi connectivity index (χ1v) is 6.42. The molecule has 0 heterocycles. The van der Waals surface area contributed by atoms with Crippen LogP contribution in [0.1, 0.15) is 22.8 Å². The van der Waals surface area contributed by atoms with Gasteiger partial charge in [-0.05, 0) is 25.1 Å². The summed E-state index contributed by atoms with van der Waals surface area (Å²) in [6.07, 6.45) is 3.78. The van der Waals surface area contributed by atoms with E-state index in [0.717, 1.165) is 5.56 Å². The minimum Gasteiger partial charge on any atom is -0.478 e. The van der Waals surface area contributed by atoms with Gasteiger partial charge in [-0.15, -0.1) is 0 Å². The van der Waals surface area contributed by atoms with E-state index in [2.05, 4.69) is 0 Å². The van der Waals surface area contributed by atoms with Gasteiger partial charge < -0.3 is 9.84 Å². The van der Waals surface area contributed by atoms with Crippen molar-refractivity contribution in [3.63, 3.8) is 0 Å². The molecule has 2 aromatic rings. The fraction of sp³-hybridized carbons (Fsp3) is 0.0625. The molecule has 0 amide bonds. The zero-order chi connectivity index (χ0) is 14.5. The normalized spacial score (nSPS) is 10.7. The van der Waals surface area contributed by atoms with E-state index in [-0.39, 0.29) is 16.3 Å². The van der Waals surface area contributed by atoms with E-state index in [1.165, 1.54) is 6.07 Å². The van der Waals surface area contributed by atoms with Crippen molar-refractivity contribution in [2.24, 2.45) is 0 Å². The van der Waals surface area contributed by atoms with Crippen LogP contribution in [0, 0.1) is 0 Å². The van der Waals surface area contributed by atoms with Crippen molar-refractivity contribution in [1.82, 2.24) is 0 Å². The lowest BCUT2D eigenvalue weighted by Gasteiger charge is -2.11. The van der Waals surface area contributed by atoms with Gasteiger partial charge in [-0.1, -0.05) is 48.0 Å². The summed E-state index contributed by atoms with van der Waals surface area (Å²) < 4.78 is 5.72. The Bertz CT molecular complexity index is 663. The molecule has 0 unspecified atom stereocenters. The highest BCUT2D eigenvalue weighted by atomic mass is 35.5. The summed E-state index contributed by atoms with van der Waals surface area (Å²) in [5.41, 5.74) is 0.829. The van der Waals surface area contributed by atoms with E-state index in [0.29, 0.717) is 5.75 Å². The third-order valence-corrected chi connectivity index (χ3v) is 2.99. The molecule has 0 saturated carbocycles. The summed E-state index contributed by atoms with van der Waals surface area (Å²) in [4.78, 5) is 11.3. The molecule has 0 fully saturated rings. The van der Waals surface area contributed by atoms with Gasteiger partial charge in [0, 0.05) is 5.56 Å². The Kier molecular flexibility index (Phi) is 4.43. The molecule has 0 bridgehead atoms. The zero-order valence-electron chi connectivity index (χ0n) is 10.8. The molecule has 0 aliphatic rings. The number of hydrogen-bond donors (Lipinski definition) is 1. The average Bonchev–Trinajstić information content (AvgIpc) is 2.41. The Morgan fingerprint density at radius 3 is 2.55 bits per heavy atom. The first kappa shape index (κ1) is 14.2. The molecule has 4 heteroatoms. The lowest BCUT2D eigenvalue weighted by molar-refractivity contribution is 0.0694. The summed E-state index contributed by atoms with van der Waals surface area (Å²) in [5, 5.41) is 9.37. The van der Waals surface area contributed by atoms with Crippen molar-refractivity contribution in [3.8, 4) is 11.5 Å². The van der Waals surface area contributed by atoms with Gasteiger partial charge in [-0.2, -0.15) is 0 Å². The number of hydrogen-bond acceptors (Lipinski definition) is 2. The fourth-order valence-electron chi connectivity index (χ4n) is 1.81. The Hall–Kier alpha value is -2.26. The van der Waals surface area contributed by atoms with Crippen LogP contribution in [0.25, 0.3) is 6.08 Å². The smallest absolute Gasteiger partial charge is 0.341 e. The number of carbonyl (C=O) groups is 1. The predicted molar refractivity (Wildman–Crippen MR) is 79.6 cm³/mol. The van der Waals surface area contributed by atoms with E-state index in [4.69, 9.17) is 16.3 Å². The Labute approximate surface area is 122 Å². The van der Waals surface area contributed by atoms with Crippen molar-refractivity contribution in [3.05, 3.63) is 64.7 Å². The molecule has 0 saturated heterocycles. The van der Waals surface area contributed by atoms with Crippen molar-refractivity contribution >= 4 is 23.6 Å². The van der Waals surface area contributed by atoms with Crippen LogP contribution < -0.4 is 4.74 Å². The molecular weight excluding hydrogens is 276 g/mol. The van der Waals surface area contributed by atoms with Gasteiger partial charge >= 0.3 is 5.97 Å². The molecule has 2 rings (SSSR count). The average molecular weight is 289 g/mol. The first-order valence-electron chi connectivity index (χ1n) is 6.05. The fourth-order valence-corrected chi connectivity index (χ4v) is 2.05. The van der Waals surface area contributed by atoms with Crippen molar-refractivity contribution in [2.75, 3.05) is 0 Å². The second-order valence-corrected chi connectivity index (χ2v) is 4.47. The van der Waals surface area contributed by atoms with Crippen LogP contribution >= 0.6 is 11.6 Å². The number of carboxylic acids is 1. The largest absolute Gasteiger partial charge is 0.478 e. The number of para-hydroxylation sites is 1. The monoisotopic (exact) mass is 288 g/mol. The van der Waals surface area contributed by atoms with Crippen molar-refractivity contribution < 1.29 is 14.6 Å². The van der Waals surface area contributed by atoms with Gasteiger partial charge in [0.25, 0.3) is 0 Å². The second kappa shape index (κ2) is 6.26. The molecule has 102 valence electrons. The first-order chi connectivity index (χ1) is 9.63. The molecule has 0 spiro atoms. The highest BCUT2D eigenvalue weighted by Crippen LogP contribution is 2.32. The molecule has 0 atom stereocenters. The summed E-state index contributed by atoms with van der Waals surface area (Å²) in [7, 11) is 0. The minimum absolute atomic E-state index is 0.0375. The Morgan fingerprint density at radius 2 is 1.85 bits per heavy atom. The van der Waals surface area contributed by atoms with Gasteiger partial charge in [0.15, 0.2) is 0 Å². The van der Waals surface area contributed by atoms with Gasteiger partial charge in [-0.25, -0.2) is 4.79 Å². The molecule has 2 aromatic carbocycles. The number of benzene rings is 2. The third kappa shape index (κ3) is 3.00. The van der Waals surface area contributed by atoms with Gasteiger partial charge in [0.1, 0.15) is 17.1 Å². The van der Waals surface area contributed by atoms with Crippen molar-refractivity contribution in [2.45, 2.75) is 6.92 Å². The van der Waals surface area contributed by atoms with E-state index in [1.807, 2.05) is 37.3 Å². The van der Waals surface area contributed by atoms with Crippen LogP contribution in [0.5, 0.6) is 11.5 Å². The maximum Gasteiger partial charge on any atom is 0.341 e. The topological polar surface area (TPSA) is 46.5 Å². The molecule has 1 N–H and O–H groups in total. The lowest BCUT2D eigenvalue weighted by Crippen LogP contribution is -2.01. The number of carboxylic acid groups (broad SMARTS) is 1. The Morgan fingerprint density at radius 1 is 1.15 bits per heavy atom. The maximum atomic E-state index is 11.3. The van der Waals surface area contributed by atoms with Crippen LogP contribution in [0.15, 0.2) is 48.5 Å². The molecule has 20 heavy (non-hydrogen) atoms. The van der Waals surface area contributed by atoms with Crippen molar-refractivity contribution in [1.29, 1.82) is 0 Å². The van der Waals surface area contributed by atoms with E-state index < -0.39 is 5.97 Å². The maximum absolute atomic E-state index is 11.3. The molecule has 3 nitrogen and oxygen atoms in total. The number of rotatable bonds is 4. The van der Waals surface area contributed by atoms with E-state index in [1.54, 1.807) is 18.2 Å². The molecule has 0 radical (unpaired) electrons. The number of halogens is 1. The standard InChI is InChI=1S/C16H13ClO3/c1-2-6-11-7-3-4-9-13(11)20-14-10-5-8-12(17)15(14)16(18)19/h2-10H,1H3,(H,18,19). The van der Waals surface area contributed by atoms with Gasteiger partial charge in [-0.3, -0.25) is 0 Å². The predicted octanol–water partition coefficient (Wildman–Crippen LogP) is 4.86. The number of ether oxygens (including phenoxy) is 1. The van der Waals surface area contributed by atoms with Crippen LogP contribution in [0.3, 0.4) is 0 Å². The van der Waals surface area contributed by atoms with Gasteiger partial charge in [0.2, 0.25) is 0 Å². The molecule has 0 aliphatic carbocycles. The summed E-state index contributed by atoms with van der Waals surface area (Å²) in [5.74, 6) is -0.313. The van der Waals surface area contributed by atoms with Crippen LogP contribution in [0.2, 0.25) is 5.02 Å². The lowest BCUT2D eigenvalue weighted by atomic mass is 10.1. The molecule has 0 aliphatic heterocycles. The Balaban J connectivity index is 2.46. The molecule has 0 aromatic heterocycles.